The van der Waals surface area contributed by atoms with E-state index < -0.39 is 0 Å². The number of esters is 1. The molecule has 27 heavy (non-hydrogen) atoms. The Hall–Kier alpha value is -3.06. The van der Waals surface area contributed by atoms with Gasteiger partial charge in [-0.25, -0.2) is 14.2 Å². The van der Waals surface area contributed by atoms with Gasteiger partial charge < -0.3 is 4.74 Å². The van der Waals surface area contributed by atoms with Crippen LogP contribution in [0.15, 0.2) is 48.7 Å². The van der Waals surface area contributed by atoms with Crippen LogP contribution in [0.25, 0.3) is 0 Å². The maximum absolute atomic E-state index is 13.3. The van der Waals surface area contributed by atoms with Gasteiger partial charge in [0.15, 0.2) is 5.13 Å². The van der Waals surface area contributed by atoms with E-state index in [9.17, 15) is 14.0 Å². The molecule has 0 saturated heterocycles. The first-order valence-corrected chi connectivity index (χ1v) is 8.97. The Morgan fingerprint density at radius 2 is 2.00 bits per heavy atom. The fourth-order valence-electron chi connectivity index (χ4n) is 2.53. The number of anilines is 1. The Morgan fingerprint density at radius 1 is 1.19 bits per heavy atom. The van der Waals surface area contributed by atoms with Gasteiger partial charge in [-0.3, -0.25) is 10.1 Å². The van der Waals surface area contributed by atoms with Gasteiger partial charge in [0.1, 0.15) is 5.82 Å². The summed E-state index contributed by atoms with van der Waals surface area (Å²) >= 11 is 1.34. The van der Waals surface area contributed by atoms with E-state index >= 15 is 0 Å². The normalized spacial score (nSPS) is 10.5. The zero-order valence-corrected chi connectivity index (χ0v) is 15.6. The van der Waals surface area contributed by atoms with E-state index in [-0.39, 0.29) is 17.7 Å². The maximum Gasteiger partial charge on any atom is 0.337 e. The van der Waals surface area contributed by atoms with Crippen molar-refractivity contribution in [1.82, 2.24) is 4.98 Å². The van der Waals surface area contributed by atoms with Crippen LogP contribution in [0, 0.1) is 12.7 Å². The highest BCUT2D eigenvalue weighted by molar-refractivity contribution is 7.15. The van der Waals surface area contributed by atoms with E-state index in [0.29, 0.717) is 28.2 Å². The van der Waals surface area contributed by atoms with Crippen LogP contribution >= 0.6 is 11.3 Å². The van der Waals surface area contributed by atoms with Crippen molar-refractivity contribution >= 4 is 28.3 Å². The van der Waals surface area contributed by atoms with Gasteiger partial charge >= 0.3 is 5.97 Å². The molecule has 0 unspecified atom stereocenters. The van der Waals surface area contributed by atoms with Crippen molar-refractivity contribution in [2.24, 2.45) is 0 Å². The second kappa shape index (κ2) is 8.09. The van der Waals surface area contributed by atoms with Gasteiger partial charge in [-0.1, -0.05) is 12.1 Å². The maximum atomic E-state index is 13.3. The molecule has 7 heteroatoms. The van der Waals surface area contributed by atoms with Crippen molar-refractivity contribution in [3.8, 4) is 0 Å². The van der Waals surface area contributed by atoms with Crippen LogP contribution in [0.2, 0.25) is 0 Å². The van der Waals surface area contributed by atoms with E-state index in [2.05, 4.69) is 10.3 Å². The molecule has 2 aromatic carbocycles. The van der Waals surface area contributed by atoms with Crippen molar-refractivity contribution in [1.29, 1.82) is 0 Å². The number of aromatic nitrogens is 1. The molecule has 3 aromatic rings. The summed E-state index contributed by atoms with van der Waals surface area (Å²) in [5.41, 5.74) is 2.21. The number of aryl methyl sites for hydroxylation is 1. The van der Waals surface area contributed by atoms with E-state index in [1.807, 2.05) is 6.07 Å². The fourth-order valence-corrected chi connectivity index (χ4v) is 3.37. The molecule has 138 valence electrons. The van der Waals surface area contributed by atoms with Crippen molar-refractivity contribution in [2.45, 2.75) is 13.3 Å². The summed E-state index contributed by atoms with van der Waals surface area (Å²) in [6, 6.07) is 11.4. The summed E-state index contributed by atoms with van der Waals surface area (Å²) in [6.07, 6.45) is 2.26. The van der Waals surface area contributed by atoms with Gasteiger partial charge in [0.2, 0.25) is 0 Å². The molecule has 1 aromatic heterocycles. The smallest absolute Gasteiger partial charge is 0.337 e. The lowest BCUT2D eigenvalue weighted by molar-refractivity contribution is 0.0600. The molecule has 0 aliphatic rings. The lowest BCUT2D eigenvalue weighted by atomic mass is 10.1. The van der Waals surface area contributed by atoms with Gasteiger partial charge in [-0.15, -0.1) is 11.3 Å². The highest BCUT2D eigenvalue weighted by Gasteiger charge is 2.12. The van der Waals surface area contributed by atoms with Crippen LogP contribution in [0.4, 0.5) is 9.52 Å². The molecule has 1 amide bonds. The summed E-state index contributed by atoms with van der Waals surface area (Å²) in [4.78, 5) is 29.0. The van der Waals surface area contributed by atoms with Crippen LogP contribution in [0.1, 0.15) is 36.7 Å². The van der Waals surface area contributed by atoms with Crippen molar-refractivity contribution < 1.29 is 18.7 Å². The number of rotatable bonds is 5. The highest BCUT2D eigenvalue weighted by Crippen LogP contribution is 2.22. The van der Waals surface area contributed by atoms with E-state index in [1.165, 1.54) is 36.6 Å². The van der Waals surface area contributed by atoms with Gasteiger partial charge in [0.05, 0.1) is 12.7 Å². The first kappa shape index (κ1) is 18.7. The van der Waals surface area contributed by atoms with Gasteiger partial charge in [0.25, 0.3) is 5.91 Å². The molecule has 0 saturated carbocycles. The quantitative estimate of drug-likeness (QED) is 0.669. The van der Waals surface area contributed by atoms with E-state index in [1.54, 1.807) is 31.3 Å². The third-order valence-corrected chi connectivity index (χ3v) is 4.83. The lowest BCUT2D eigenvalue weighted by Crippen LogP contribution is -2.11. The third kappa shape index (κ3) is 4.57. The molecule has 3 rings (SSSR count). The monoisotopic (exact) mass is 384 g/mol. The SMILES string of the molecule is COC(=O)c1cccc(Cc2cnc(NC(=O)c3ccc(F)c(C)c3)s2)c1. The number of ether oxygens (including phenoxy) is 1. The largest absolute Gasteiger partial charge is 0.465 e. The predicted molar refractivity (Wildman–Crippen MR) is 102 cm³/mol. The average molecular weight is 384 g/mol. The number of carbonyl (C=O) groups is 2. The van der Waals surface area contributed by atoms with Gasteiger partial charge in [-0.05, 0) is 48.4 Å². The zero-order chi connectivity index (χ0) is 19.4. The van der Waals surface area contributed by atoms with Crippen LogP contribution in [0.5, 0.6) is 0 Å². The number of benzene rings is 2. The number of hydrogen-bond donors (Lipinski definition) is 1. The Bertz CT molecular complexity index is 1000. The molecule has 0 bridgehead atoms. The minimum atomic E-state index is -0.385. The summed E-state index contributed by atoms with van der Waals surface area (Å²) in [7, 11) is 1.34. The second-order valence-electron chi connectivity index (χ2n) is 5.92. The van der Waals surface area contributed by atoms with Crippen LogP contribution in [0.3, 0.4) is 0 Å². The standard InChI is InChI=1S/C20H17FN2O3S/c1-12-8-14(6-7-17(12)21)18(24)23-20-22-11-16(27-20)10-13-4-3-5-15(9-13)19(25)26-2/h3-9,11H,10H2,1-2H3,(H,22,23,24). The lowest BCUT2D eigenvalue weighted by Gasteiger charge is -2.04. The van der Waals surface area contributed by atoms with E-state index in [0.717, 1.165) is 10.4 Å². The van der Waals surface area contributed by atoms with E-state index in [4.69, 9.17) is 4.74 Å². The number of halogens is 1. The third-order valence-electron chi connectivity index (χ3n) is 3.92. The summed E-state index contributed by atoms with van der Waals surface area (Å²) in [5, 5.41) is 3.18. The fraction of sp³-hybridized carbons (Fsp3) is 0.150. The Balaban J connectivity index is 1.69. The van der Waals surface area contributed by atoms with Crippen molar-refractivity contribution in [2.75, 3.05) is 12.4 Å². The molecule has 0 atom stereocenters. The first-order chi connectivity index (χ1) is 13.0. The summed E-state index contributed by atoms with van der Waals surface area (Å²) < 4.78 is 18.1. The van der Waals surface area contributed by atoms with Crippen molar-refractivity contribution in [3.63, 3.8) is 0 Å². The summed E-state index contributed by atoms with van der Waals surface area (Å²) in [6.45, 7) is 1.61. The molecule has 0 aliphatic heterocycles. The minimum Gasteiger partial charge on any atom is -0.465 e. The Labute approximate surface area is 159 Å². The van der Waals surface area contributed by atoms with Gasteiger partial charge in [-0.2, -0.15) is 0 Å². The molecule has 5 nitrogen and oxygen atoms in total. The molecule has 1 heterocycles. The average Bonchev–Trinajstić information content (AvgIpc) is 3.10. The number of carbonyl (C=O) groups excluding carboxylic acids is 2. The van der Waals surface area contributed by atoms with Crippen LogP contribution in [-0.4, -0.2) is 24.0 Å². The first-order valence-electron chi connectivity index (χ1n) is 8.15. The number of amides is 1. The minimum absolute atomic E-state index is 0.341. The van der Waals surface area contributed by atoms with Crippen molar-refractivity contribution in [3.05, 3.63) is 81.6 Å². The molecule has 0 fully saturated rings. The van der Waals surface area contributed by atoms with Crippen LogP contribution in [-0.2, 0) is 11.2 Å². The number of methoxy groups -OCH3 is 1. The Morgan fingerprint density at radius 3 is 2.74 bits per heavy atom. The molecule has 0 spiro atoms. The van der Waals surface area contributed by atoms with Gasteiger partial charge in [0, 0.05) is 23.1 Å². The molecular formula is C20H17FN2O3S. The highest BCUT2D eigenvalue weighted by atomic mass is 32.1. The Kier molecular flexibility index (Phi) is 5.61. The predicted octanol–water partition coefficient (Wildman–Crippen LogP) is 4.22. The zero-order valence-electron chi connectivity index (χ0n) is 14.8. The topological polar surface area (TPSA) is 68.3 Å². The number of nitrogens with zero attached hydrogens (tertiary/aromatic N) is 1. The molecule has 0 aliphatic carbocycles. The molecule has 1 N–H and O–H groups in total. The summed E-state index contributed by atoms with van der Waals surface area (Å²) in [5.74, 6) is -1.08. The second-order valence-corrected chi connectivity index (χ2v) is 7.03. The number of nitrogens with one attached hydrogen (secondary N) is 1. The number of hydrogen-bond acceptors (Lipinski definition) is 5. The molecular weight excluding hydrogens is 367 g/mol. The molecule has 0 radical (unpaired) electrons. The number of thiazole rings is 1. The van der Waals surface area contributed by atoms with Crippen LogP contribution < -0.4 is 5.32 Å².